The number of nitrogens with two attached hydrogens (primary N) is 1. The lowest BCUT2D eigenvalue weighted by atomic mass is 10.2. The van der Waals surface area contributed by atoms with Crippen LogP contribution in [0.3, 0.4) is 0 Å². The summed E-state index contributed by atoms with van der Waals surface area (Å²) in [5, 5.41) is 3.25. The van der Waals surface area contributed by atoms with E-state index < -0.39 is 0 Å². The normalized spacial score (nSPS) is 10.2. The second-order valence-electron chi connectivity index (χ2n) is 3.68. The Kier molecular flexibility index (Phi) is 3.58. The van der Waals surface area contributed by atoms with Crippen LogP contribution in [0.2, 0.25) is 0 Å². The summed E-state index contributed by atoms with van der Waals surface area (Å²) in [6.07, 6.45) is 1.75. The molecule has 1 aromatic heterocycles. The quantitative estimate of drug-likeness (QED) is 0.854. The summed E-state index contributed by atoms with van der Waals surface area (Å²) in [4.78, 5) is 8.37. The van der Waals surface area contributed by atoms with Gasteiger partial charge < -0.3 is 11.1 Å². The van der Waals surface area contributed by atoms with Gasteiger partial charge in [-0.05, 0) is 31.2 Å². The number of hydrogen-bond donors (Lipinski definition) is 2. The van der Waals surface area contributed by atoms with E-state index in [9.17, 15) is 0 Å². The molecule has 0 aliphatic rings. The highest BCUT2D eigenvalue weighted by Crippen LogP contribution is 2.23. The topological polar surface area (TPSA) is 63.8 Å². The Morgan fingerprint density at radius 2 is 2.18 bits per heavy atom. The van der Waals surface area contributed by atoms with Crippen LogP contribution in [-0.2, 0) is 6.54 Å². The molecular formula is C12H13BrN4. The number of aryl methyl sites for hydroxylation is 1. The Morgan fingerprint density at radius 3 is 2.88 bits per heavy atom. The van der Waals surface area contributed by atoms with Crippen molar-refractivity contribution in [2.75, 3.05) is 11.1 Å². The predicted octanol–water partition coefficient (Wildman–Crippen LogP) is 2.74. The molecule has 4 nitrogen and oxygen atoms in total. The Balaban J connectivity index is 2.07. The standard InChI is InChI=1S/C12H13BrN4/c1-8-15-5-4-10(17-8)7-16-12-3-2-9(13)6-11(12)14/h2-6,16H,7,14H2,1H3. The van der Waals surface area contributed by atoms with Gasteiger partial charge in [-0.15, -0.1) is 0 Å². The highest BCUT2D eigenvalue weighted by molar-refractivity contribution is 9.10. The van der Waals surface area contributed by atoms with Crippen LogP contribution in [0.5, 0.6) is 0 Å². The molecule has 2 aromatic rings. The van der Waals surface area contributed by atoms with Gasteiger partial charge >= 0.3 is 0 Å². The minimum absolute atomic E-state index is 0.634. The van der Waals surface area contributed by atoms with Gasteiger partial charge in [0.15, 0.2) is 0 Å². The Bertz CT molecular complexity index is 528. The molecule has 0 saturated heterocycles. The Hall–Kier alpha value is -1.62. The van der Waals surface area contributed by atoms with Crippen LogP contribution in [-0.4, -0.2) is 9.97 Å². The van der Waals surface area contributed by atoms with Gasteiger partial charge in [-0.3, -0.25) is 0 Å². The van der Waals surface area contributed by atoms with Crippen LogP contribution in [0, 0.1) is 6.92 Å². The average Bonchev–Trinajstić information content (AvgIpc) is 2.28. The zero-order valence-corrected chi connectivity index (χ0v) is 11.0. The lowest BCUT2D eigenvalue weighted by Gasteiger charge is -2.09. The molecule has 0 amide bonds. The SMILES string of the molecule is Cc1nccc(CNc2ccc(Br)cc2N)n1. The first kappa shape index (κ1) is 11.9. The number of hydrogen-bond acceptors (Lipinski definition) is 4. The molecule has 0 fully saturated rings. The van der Waals surface area contributed by atoms with Gasteiger partial charge in [0.1, 0.15) is 5.82 Å². The molecule has 0 bridgehead atoms. The predicted molar refractivity (Wildman–Crippen MR) is 72.7 cm³/mol. The minimum Gasteiger partial charge on any atom is -0.397 e. The Labute approximate surface area is 108 Å². The first-order valence-electron chi connectivity index (χ1n) is 5.22. The van der Waals surface area contributed by atoms with Gasteiger partial charge in [0, 0.05) is 10.7 Å². The zero-order chi connectivity index (χ0) is 12.3. The van der Waals surface area contributed by atoms with Crippen LogP contribution < -0.4 is 11.1 Å². The molecule has 0 saturated carbocycles. The number of aromatic nitrogens is 2. The molecule has 88 valence electrons. The van der Waals surface area contributed by atoms with Crippen molar-refractivity contribution in [3.05, 3.63) is 46.5 Å². The van der Waals surface area contributed by atoms with Crippen LogP contribution >= 0.6 is 15.9 Å². The summed E-state index contributed by atoms with van der Waals surface area (Å²) in [6.45, 7) is 2.51. The van der Waals surface area contributed by atoms with Crippen molar-refractivity contribution in [2.45, 2.75) is 13.5 Å². The summed E-state index contributed by atoms with van der Waals surface area (Å²) in [7, 11) is 0. The third-order valence-electron chi connectivity index (χ3n) is 2.31. The molecule has 1 aromatic carbocycles. The molecule has 0 spiro atoms. The fourth-order valence-corrected chi connectivity index (χ4v) is 1.86. The Morgan fingerprint density at radius 1 is 1.35 bits per heavy atom. The molecule has 0 aliphatic carbocycles. The summed E-state index contributed by atoms with van der Waals surface area (Å²) < 4.78 is 0.971. The molecule has 5 heteroatoms. The second-order valence-corrected chi connectivity index (χ2v) is 4.60. The van der Waals surface area contributed by atoms with E-state index in [0.29, 0.717) is 12.2 Å². The number of halogens is 1. The fraction of sp³-hybridized carbons (Fsp3) is 0.167. The maximum absolute atomic E-state index is 5.89. The van der Waals surface area contributed by atoms with Gasteiger partial charge in [-0.2, -0.15) is 0 Å². The van der Waals surface area contributed by atoms with Gasteiger partial charge in [-0.25, -0.2) is 9.97 Å². The van der Waals surface area contributed by atoms with Crippen LogP contribution in [0.1, 0.15) is 11.5 Å². The molecular weight excluding hydrogens is 280 g/mol. The summed E-state index contributed by atoms with van der Waals surface area (Å²) in [5.41, 5.74) is 8.45. The summed E-state index contributed by atoms with van der Waals surface area (Å²) in [5.74, 6) is 0.771. The van der Waals surface area contributed by atoms with E-state index in [0.717, 1.165) is 21.7 Å². The molecule has 3 N–H and O–H groups in total. The smallest absolute Gasteiger partial charge is 0.125 e. The summed E-state index contributed by atoms with van der Waals surface area (Å²) in [6, 6.07) is 7.64. The number of nitrogens with zero attached hydrogens (tertiary/aromatic N) is 2. The highest BCUT2D eigenvalue weighted by atomic mass is 79.9. The second kappa shape index (κ2) is 5.14. The average molecular weight is 293 g/mol. The highest BCUT2D eigenvalue weighted by Gasteiger charge is 2.00. The van der Waals surface area contributed by atoms with E-state index in [1.165, 1.54) is 0 Å². The number of anilines is 2. The largest absolute Gasteiger partial charge is 0.397 e. The van der Waals surface area contributed by atoms with Crippen molar-refractivity contribution < 1.29 is 0 Å². The molecule has 0 atom stereocenters. The van der Waals surface area contributed by atoms with Crippen LogP contribution in [0.15, 0.2) is 34.9 Å². The van der Waals surface area contributed by atoms with Crippen molar-refractivity contribution in [2.24, 2.45) is 0 Å². The lowest BCUT2D eigenvalue weighted by Crippen LogP contribution is -2.05. The van der Waals surface area contributed by atoms with Crippen molar-refractivity contribution >= 4 is 27.3 Å². The van der Waals surface area contributed by atoms with E-state index in [4.69, 9.17) is 5.73 Å². The van der Waals surface area contributed by atoms with Crippen molar-refractivity contribution in [1.82, 2.24) is 9.97 Å². The van der Waals surface area contributed by atoms with Gasteiger partial charge in [-0.1, -0.05) is 15.9 Å². The fourth-order valence-electron chi connectivity index (χ4n) is 1.48. The van der Waals surface area contributed by atoms with Gasteiger partial charge in [0.05, 0.1) is 23.6 Å². The molecule has 0 aliphatic heterocycles. The number of nitrogens with one attached hydrogen (secondary N) is 1. The molecule has 0 unspecified atom stereocenters. The minimum atomic E-state index is 0.634. The number of rotatable bonds is 3. The van der Waals surface area contributed by atoms with E-state index in [1.807, 2.05) is 31.2 Å². The van der Waals surface area contributed by atoms with Crippen LogP contribution in [0.25, 0.3) is 0 Å². The first-order valence-corrected chi connectivity index (χ1v) is 6.02. The van der Waals surface area contributed by atoms with E-state index in [2.05, 4.69) is 31.2 Å². The van der Waals surface area contributed by atoms with Gasteiger partial charge in [0.2, 0.25) is 0 Å². The maximum atomic E-state index is 5.89. The van der Waals surface area contributed by atoms with Crippen LogP contribution in [0.4, 0.5) is 11.4 Å². The van der Waals surface area contributed by atoms with E-state index >= 15 is 0 Å². The third kappa shape index (κ3) is 3.17. The monoisotopic (exact) mass is 292 g/mol. The third-order valence-corrected chi connectivity index (χ3v) is 2.80. The molecule has 2 rings (SSSR count). The van der Waals surface area contributed by atoms with Crippen molar-refractivity contribution in [3.8, 4) is 0 Å². The zero-order valence-electron chi connectivity index (χ0n) is 9.44. The lowest BCUT2D eigenvalue weighted by molar-refractivity contribution is 0.955. The number of benzene rings is 1. The van der Waals surface area contributed by atoms with Crippen molar-refractivity contribution in [1.29, 1.82) is 0 Å². The summed E-state index contributed by atoms with van der Waals surface area (Å²) >= 11 is 3.37. The first-order chi connectivity index (χ1) is 8.15. The molecule has 1 heterocycles. The molecule has 17 heavy (non-hydrogen) atoms. The molecule has 0 radical (unpaired) electrons. The van der Waals surface area contributed by atoms with E-state index in [-0.39, 0.29) is 0 Å². The van der Waals surface area contributed by atoms with Gasteiger partial charge in [0.25, 0.3) is 0 Å². The van der Waals surface area contributed by atoms with E-state index in [1.54, 1.807) is 6.20 Å². The van der Waals surface area contributed by atoms with Crippen molar-refractivity contribution in [3.63, 3.8) is 0 Å². The number of nitrogen functional groups attached to an aromatic ring is 1. The maximum Gasteiger partial charge on any atom is 0.125 e.